The number of likely N-dealkylation sites (tertiary alicyclic amines) is 1. The molecule has 1 unspecified atom stereocenters. The van der Waals surface area contributed by atoms with Gasteiger partial charge >= 0.3 is 5.97 Å². The Labute approximate surface area is 92.5 Å². The summed E-state index contributed by atoms with van der Waals surface area (Å²) < 4.78 is 30.3. The molecule has 0 aromatic rings. The number of rotatable bonds is 3. The van der Waals surface area contributed by atoms with Gasteiger partial charge in [0, 0.05) is 13.0 Å². The average molecular weight is 235 g/mol. The first kappa shape index (κ1) is 12.9. The van der Waals surface area contributed by atoms with Gasteiger partial charge < -0.3 is 9.64 Å². The molecule has 0 bridgehead atoms. The number of amides is 1. The molecule has 0 aromatic carbocycles. The van der Waals surface area contributed by atoms with E-state index >= 15 is 0 Å². The fraction of sp³-hybridized carbons (Fsp3) is 0.800. The van der Waals surface area contributed by atoms with Crippen LogP contribution in [0.25, 0.3) is 0 Å². The van der Waals surface area contributed by atoms with Crippen molar-refractivity contribution in [1.29, 1.82) is 0 Å². The van der Waals surface area contributed by atoms with E-state index in [2.05, 4.69) is 4.74 Å². The Balaban J connectivity index is 2.67. The molecule has 4 nitrogen and oxygen atoms in total. The van der Waals surface area contributed by atoms with Gasteiger partial charge in [-0.15, -0.1) is 0 Å². The van der Waals surface area contributed by atoms with Crippen molar-refractivity contribution >= 4 is 11.9 Å². The fourth-order valence-electron chi connectivity index (χ4n) is 1.73. The summed E-state index contributed by atoms with van der Waals surface area (Å²) in [5, 5.41) is 0. The van der Waals surface area contributed by atoms with Crippen molar-refractivity contribution < 1.29 is 23.1 Å². The monoisotopic (exact) mass is 235 g/mol. The SMILES string of the molecule is CCC(C(=O)OC)C(=O)N1CCC(F)(F)C1. The predicted octanol–water partition coefficient (Wildman–Crippen LogP) is 1.05. The van der Waals surface area contributed by atoms with Crippen LogP contribution in [0.3, 0.4) is 0 Å². The Kier molecular flexibility index (Phi) is 3.83. The van der Waals surface area contributed by atoms with Gasteiger partial charge in [-0.05, 0) is 6.42 Å². The van der Waals surface area contributed by atoms with E-state index in [9.17, 15) is 18.4 Å². The lowest BCUT2D eigenvalue weighted by molar-refractivity contribution is -0.154. The largest absolute Gasteiger partial charge is 0.468 e. The Morgan fingerprint density at radius 1 is 1.50 bits per heavy atom. The number of hydrogen-bond donors (Lipinski definition) is 0. The first-order chi connectivity index (χ1) is 7.41. The molecule has 1 aliphatic heterocycles. The molecular weight excluding hydrogens is 220 g/mol. The molecule has 1 atom stereocenters. The molecule has 1 amide bonds. The smallest absolute Gasteiger partial charge is 0.318 e. The number of ether oxygens (including phenoxy) is 1. The molecular formula is C10H15F2NO3. The molecule has 1 saturated heterocycles. The van der Waals surface area contributed by atoms with E-state index in [0.717, 1.165) is 4.90 Å². The van der Waals surface area contributed by atoms with Crippen molar-refractivity contribution in [1.82, 2.24) is 4.90 Å². The number of carbonyl (C=O) groups is 2. The number of carbonyl (C=O) groups excluding carboxylic acids is 2. The van der Waals surface area contributed by atoms with Crippen molar-refractivity contribution in [2.75, 3.05) is 20.2 Å². The van der Waals surface area contributed by atoms with E-state index in [1.807, 2.05) is 0 Å². The van der Waals surface area contributed by atoms with Crippen molar-refractivity contribution in [3.05, 3.63) is 0 Å². The second kappa shape index (κ2) is 4.76. The van der Waals surface area contributed by atoms with Gasteiger partial charge in [0.15, 0.2) is 0 Å². The third kappa shape index (κ3) is 2.68. The summed E-state index contributed by atoms with van der Waals surface area (Å²) in [7, 11) is 1.18. The zero-order valence-electron chi connectivity index (χ0n) is 9.33. The number of esters is 1. The fourth-order valence-corrected chi connectivity index (χ4v) is 1.73. The van der Waals surface area contributed by atoms with Crippen LogP contribution in [-0.4, -0.2) is 42.9 Å². The molecule has 0 radical (unpaired) electrons. The van der Waals surface area contributed by atoms with Gasteiger partial charge in [0.1, 0.15) is 5.92 Å². The van der Waals surface area contributed by atoms with Crippen molar-refractivity contribution in [2.24, 2.45) is 5.92 Å². The Morgan fingerprint density at radius 3 is 2.50 bits per heavy atom. The molecule has 1 aliphatic rings. The lowest BCUT2D eigenvalue weighted by Gasteiger charge is -2.20. The third-order valence-corrected chi connectivity index (χ3v) is 2.67. The number of nitrogens with zero attached hydrogens (tertiary/aromatic N) is 1. The standard InChI is InChI=1S/C10H15F2NO3/c1-3-7(9(15)16-2)8(14)13-5-4-10(11,12)6-13/h7H,3-6H2,1-2H3. The minimum Gasteiger partial charge on any atom is -0.468 e. The second-order valence-corrected chi connectivity index (χ2v) is 3.85. The minimum absolute atomic E-state index is 0.000667. The summed E-state index contributed by atoms with van der Waals surface area (Å²) in [6.07, 6.45) is -0.0794. The van der Waals surface area contributed by atoms with Gasteiger partial charge in [-0.3, -0.25) is 9.59 Å². The van der Waals surface area contributed by atoms with Gasteiger partial charge in [0.25, 0.3) is 5.92 Å². The number of halogens is 2. The van der Waals surface area contributed by atoms with E-state index in [1.54, 1.807) is 6.92 Å². The quantitative estimate of drug-likeness (QED) is 0.542. The summed E-state index contributed by atoms with van der Waals surface area (Å²) in [6.45, 7) is 1.05. The zero-order chi connectivity index (χ0) is 12.3. The highest BCUT2D eigenvalue weighted by molar-refractivity contribution is 5.97. The van der Waals surface area contributed by atoms with Crippen LogP contribution in [0.2, 0.25) is 0 Å². The highest BCUT2D eigenvalue weighted by atomic mass is 19.3. The lowest BCUT2D eigenvalue weighted by Crippen LogP contribution is -2.39. The maximum absolute atomic E-state index is 12.9. The number of hydrogen-bond acceptors (Lipinski definition) is 3. The average Bonchev–Trinajstić information content (AvgIpc) is 2.59. The van der Waals surface area contributed by atoms with Crippen LogP contribution in [0, 0.1) is 5.92 Å². The summed E-state index contributed by atoms with van der Waals surface area (Å²) in [4.78, 5) is 24.0. The van der Waals surface area contributed by atoms with E-state index in [4.69, 9.17) is 0 Å². The van der Waals surface area contributed by atoms with Gasteiger partial charge in [-0.2, -0.15) is 0 Å². The first-order valence-electron chi connectivity index (χ1n) is 5.15. The Morgan fingerprint density at radius 2 is 2.12 bits per heavy atom. The van der Waals surface area contributed by atoms with Crippen molar-refractivity contribution in [3.63, 3.8) is 0 Å². The molecule has 0 spiro atoms. The number of alkyl halides is 2. The summed E-state index contributed by atoms with van der Waals surface area (Å²) in [6, 6.07) is 0. The van der Waals surface area contributed by atoms with E-state index in [1.165, 1.54) is 7.11 Å². The minimum atomic E-state index is -2.83. The van der Waals surface area contributed by atoms with Crippen molar-refractivity contribution in [2.45, 2.75) is 25.7 Å². The van der Waals surface area contributed by atoms with Crippen LogP contribution in [-0.2, 0) is 14.3 Å². The Hall–Kier alpha value is -1.20. The summed E-state index contributed by atoms with van der Waals surface area (Å²) in [5.41, 5.74) is 0. The van der Waals surface area contributed by atoms with Crippen molar-refractivity contribution in [3.8, 4) is 0 Å². The normalized spacial score (nSPS) is 20.6. The van der Waals surface area contributed by atoms with Gasteiger partial charge in [0.2, 0.25) is 5.91 Å². The van der Waals surface area contributed by atoms with Gasteiger partial charge in [-0.25, -0.2) is 8.78 Å². The lowest BCUT2D eigenvalue weighted by atomic mass is 10.1. The van der Waals surface area contributed by atoms with Crippen LogP contribution in [0.5, 0.6) is 0 Å². The second-order valence-electron chi connectivity index (χ2n) is 3.85. The van der Waals surface area contributed by atoms with Crippen LogP contribution in [0.15, 0.2) is 0 Å². The molecule has 1 heterocycles. The Bertz CT molecular complexity index is 294. The molecule has 92 valence electrons. The molecule has 0 N–H and O–H groups in total. The molecule has 0 aromatic heterocycles. The van der Waals surface area contributed by atoms with Crippen LogP contribution in [0.4, 0.5) is 8.78 Å². The third-order valence-electron chi connectivity index (χ3n) is 2.67. The zero-order valence-corrected chi connectivity index (χ0v) is 9.33. The van der Waals surface area contributed by atoms with Gasteiger partial charge in [0.05, 0.1) is 13.7 Å². The molecule has 0 saturated carbocycles. The van der Waals surface area contributed by atoms with E-state index in [-0.39, 0.29) is 19.4 Å². The maximum atomic E-state index is 12.9. The topological polar surface area (TPSA) is 46.6 Å². The summed E-state index contributed by atoms with van der Waals surface area (Å²) in [5.74, 6) is -5.02. The maximum Gasteiger partial charge on any atom is 0.318 e. The molecule has 6 heteroatoms. The molecule has 16 heavy (non-hydrogen) atoms. The first-order valence-corrected chi connectivity index (χ1v) is 5.15. The summed E-state index contributed by atoms with van der Waals surface area (Å²) >= 11 is 0. The molecule has 0 aliphatic carbocycles. The highest BCUT2D eigenvalue weighted by Gasteiger charge is 2.42. The van der Waals surface area contributed by atoms with Crippen LogP contribution in [0.1, 0.15) is 19.8 Å². The van der Waals surface area contributed by atoms with E-state index in [0.29, 0.717) is 0 Å². The molecule has 1 rings (SSSR count). The van der Waals surface area contributed by atoms with E-state index < -0.39 is 30.3 Å². The highest BCUT2D eigenvalue weighted by Crippen LogP contribution is 2.28. The molecule has 1 fully saturated rings. The van der Waals surface area contributed by atoms with Crippen LogP contribution >= 0.6 is 0 Å². The van der Waals surface area contributed by atoms with Gasteiger partial charge in [-0.1, -0.05) is 6.92 Å². The number of methoxy groups -OCH3 is 1. The predicted molar refractivity (Wildman–Crippen MR) is 51.9 cm³/mol. The van der Waals surface area contributed by atoms with Crippen LogP contribution < -0.4 is 0 Å².